The SMILES string of the molecule is CC1=CC(=O)[C@@H](O)[C@]2(C)[C@H]3[C@@H](O)[C@H](O)[C@H](C)[C@]4(O)[C@@H](O)C(=O)O[C@H](C[C@@]12O)[C@]34C. The van der Waals surface area contributed by atoms with Gasteiger partial charge < -0.3 is 35.4 Å². The van der Waals surface area contributed by atoms with Gasteiger partial charge >= 0.3 is 5.97 Å². The lowest BCUT2D eigenvalue weighted by Gasteiger charge is -2.73. The molecule has 0 spiro atoms. The number of rotatable bonds is 0. The highest BCUT2D eigenvalue weighted by molar-refractivity contribution is 5.96. The van der Waals surface area contributed by atoms with Gasteiger partial charge in [0, 0.05) is 29.1 Å². The molecule has 6 N–H and O–H groups in total. The van der Waals surface area contributed by atoms with Crippen LogP contribution in [0.5, 0.6) is 0 Å². The van der Waals surface area contributed by atoms with Crippen molar-refractivity contribution in [3.8, 4) is 0 Å². The molecule has 162 valence electrons. The maximum absolute atomic E-state index is 12.5. The van der Waals surface area contributed by atoms with Crippen LogP contribution in [0.25, 0.3) is 0 Å². The molecule has 0 radical (unpaired) electrons. The molecule has 4 aliphatic rings. The van der Waals surface area contributed by atoms with Crippen molar-refractivity contribution in [1.29, 1.82) is 0 Å². The molecule has 11 atom stereocenters. The van der Waals surface area contributed by atoms with E-state index in [9.17, 15) is 40.2 Å². The highest BCUT2D eigenvalue weighted by Gasteiger charge is 2.82. The van der Waals surface area contributed by atoms with Crippen molar-refractivity contribution in [2.75, 3.05) is 0 Å². The summed E-state index contributed by atoms with van der Waals surface area (Å²) in [6, 6.07) is 0. The van der Waals surface area contributed by atoms with Crippen molar-refractivity contribution < 1.29 is 45.0 Å². The fraction of sp³-hybridized carbons (Fsp3) is 0.800. The molecular formula is C20H28O9. The van der Waals surface area contributed by atoms with Gasteiger partial charge in [0.25, 0.3) is 0 Å². The van der Waals surface area contributed by atoms with Gasteiger partial charge in [-0.2, -0.15) is 0 Å². The van der Waals surface area contributed by atoms with E-state index in [1.807, 2.05) is 0 Å². The van der Waals surface area contributed by atoms with E-state index in [-0.39, 0.29) is 12.0 Å². The molecular weight excluding hydrogens is 384 g/mol. The lowest BCUT2D eigenvalue weighted by Crippen LogP contribution is -2.86. The number of ether oxygens (including phenoxy) is 1. The first-order chi connectivity index (χ1) is 13.2. The van der Waals surface area contributed by atoms with Gasteiger partial charge in [0.15, 0.2) is 11.9 Å². The number of aliphatic hydroxyl groups is 6. The second-order valence-electron chi connectivity index (χ2n) is 9.66. The number of carbonyl (C=O) groups is 2. The molecule has 9 nitrogen and oxygen atoms in total. The summed E-state index contributed by atoms with van der Waals surface area (Å²) in [6.07, 6.45) is -7.19. The Morgan fingerprint density at radius 2 is 1.59 bits per heavy atom. The summed E-state index contributed by atoms with van der Waals surface area (Å²) >= 11 is 0. The highest BCUT2D eigenvalue weighted by Crippen LogP contribution is 2.70. The van der Waals surface area contributed by atoms with Crippen LogP contribution in [0.15, 0.2) is 11.6 Å². The smallest absolute Gasteiger partial charge is 0.338 e. The number of aliphatic hydroxyl groups excluding tert-OH is 4. The molecule has 0 unspecified atom stereocenters. The molecule has 2 saturated carbocycles. The van der Waals surface area contributed by atoms with Gasteiger partial charge in [-0.25, -0.2) is 4.79 Å². The molecule has 3 fully saturated rings. The second kappa shape index (κ2) is 5.66. The van der Waals surface area contributed by atoms with E-state index < -0.39 is 76.1 Å². The van der Waals surface area contributed by atoms with Crippen molar-refractivity contribution in [3.05, 3.63) is 11.6 Å². The van der Waals surface area contributed by atoms with Gasteiger partial charge in [0.05, 0.1) is 17.8 Å². The summed E-state index contributed by atoms with van der Waals surface area (Å²) < 4.78 is 5.41. The fourth-order valence-corrected chi connectivity index (χ4v) is 7.02. The van der Waals surface area contributed by atoms with Gasteiger partial charge in [-0.1, -0.05) is 20.8 Å². The zero-order chi connectivity index (χ0) is 21.9. The predicted molar refractivity (Wildman–Crippen MR) is 96.1 cm³/mol. The highest BCUT2D eigenvalue weighted by atomic mass is 16.6. The Bertz CT molecular complexity index is 825. The number of carbonyl (C=O) groups excluding carboxylic acids is 2. The Kier molecular flexibility index (Phi) is 4.08. The Morgan fingerprint density at radius 1 is 1.00 bits per heavy atom. The van der Waals surface area contributed by atoms with Gasteiger partial charge in [-0.3, -0.25) is 4.79 Å². The normalized spacial score (nSPS) is 59.4. The summed E-state index contributed by atoms with van der Waals surface area (Å²) in [6.45, 7) is 5.84. The molecule has 0 bridgehead atoms. The fourth-order valence-electron chi connectivity index (χ4n) is 7.02. The number of hydrogen-bond acceptors (Lipinski definition) is 9. The third kappa shape index (κ3) is 1.93. The Balaban J connectivity index is 2.06. The van der Waals surface area contributed by atoms with Crippen LogP contribution in [0.3, 0.4) is 0 Å². The van der Waals surface area contributed by atoms with E-state index in [0.29, 0.717) is 0 Å². The Labute approximate surface area is 167 Å². The minimum atomic E-state index is -2.22. The van der Waals surface area contributed by atoms with Gasteiger partial charge in [0.2, 0.25) is 0 Å². The van der Waals surface area contributed by atoms with E-state index in [2.05, 4.69) is 0 Å². The third-order valence-corrected chi connectivity index (χ3v) is 8.84. The molecule has 1 aliphatic heterocycles. The van der Waals surface area contributed by atoms with E-state index in [1.54, 1.807) is 0 Å². The quantitative estimate of drug-likeness (QED) is 0.248. The number of fused-ring (bicyclic) bond motifs is 2. The maximum atomic E-state index is 12.5. The van der Waals surface area contributed by atoms with Crippen molar-refractivity contribution in [2.24, 2.45) is 22.7 Å². The van der Waals surface area contributed by atoms with Crippen LogP contribution in [-0.2, 0) is 14.3 Å². The zero-order valence-corrected chi connectivity index (χ0v) is 16.7. The first-order valence-electron chi connectivity index (χ1n) is 9.80. The number of ketones is 1. The molecule has 1 saturated heterocycles. The molecule has 0 aromatic carbocycles. The summed E-state index contributed by atoms with van der Waals surface area (Å²) in [4.78, 5) is 24.9. The van der Waals surface area contributed by atoms with E-state index >= 15 is 0 Å². The van der Waals surface area contributed by atoms with Gasteiger partial charge in [-0.05, 0) is 18.6 Å². The average molecular weight is 412 g/mol. The largest absolute Gasteiger partial charge is 0.460 e. The monoisotopic (exact) mass is 412 g/mol. The first kappa shape index (κ1) is 20.9. The standard InChI is InChI=1S/C20H28O9/c1-7-5-9(21)14(24)18(4)13-12(23)11(22)8(2)20(28)15(25)16(26)29-10(17(13,20)3)6-19(7,18)27/h5,8,10-15,22-25,27-28H,6H2,1-4H3/t8-,10+,11+,12-,13-,14+,15-,17+,18-,19+,20-/m0/s1. The number of hydrogen-bond donors (Lipinski definition) is 6. The minimum Gasteiger partial charge on any atom is -0.460 e. The summed E-state index contributed by atoms with van der Waals surface area (Å²) in [5.41, 5.74) is -7.16. The molecule has 0 amide bonds. The van der Waals surface area contributed by atoms with E-state index in [1.165, 1.54) is 27.7 Å². The minimum absolute atomic E-state index is 0.225. The van der Waals surface area contributed by atoms with Crippen molar-refractivity contribution in [1.82, 2.24) is 0 Å². The molecule has 3 aliphatic carbocycles. The lowest BCUT2D eigenvalue weighted by molar-refractivity contribution is -0.372. The number of esters is 1. The van der Waals surface area contributed by atoms with Crippen LogP contribution in [0.1, 0.15) is 34.1 Å². The van der Waals surface area contributed by atoms with Gasteiger partial charge in [-0.15, -0.1) is 0 Å². The predicted octanol–water partition coefficient (Wildman–Crippen LogP) is -1.97. The first-order valence-corrected chi connectivity index (χ1v) is 9.80. The van der Waals surface area contributed by atoms with Crippen LogP contribution in [0.2, 0.25) is 0 Å². The summed E-state index contributed by atoms with van der Waals surface area (Å²) in [5, 5.41) is 66.7. The Morgan fingerprint density at radius 3 is 2.17 bits per heavy atom. The third-order valence-electron chi connectivity index (χ3n) is 8.84. The summed E-state index contributed by atoms with van der Waals surface area (Å²) in [7, 11) is 0. The van der Waals surface area contributed by atoms with Crippen molar-refractivity contribution in [2.45, 2.75) is 75.8 Å². The lowest BCUT2D eigenvalue weighted by atomic mass is 9.35. The van der Waals surface area contributed by atoms with Crippen molar-refractivity contribution >= 4 is 11.8 Å². The average Bonchev–Trinajstić information content (AvgIpc) is 2.65. The molecule has 0 aromatic heterocycles. The van der Waals surface area contributed by atoms with Crippen molar-refractivity contribution in [3.63, 3.8) is 0 Å². The maximum Gasteiger partial charge on any atom is 0.338 e. The molecule has 29 heavy (non-hydrogen) atoms. The second-order valence-corrected chi connectivity index (χ2v) is 9.66. The molecule has 9 heteroatoms. The topological polar surface area (TPSA) is 165 Å². The van der Waals surface area contributed by atoms with Crippen LogP contribution < -0.4 is 0 Å². The van der Waals surface area contributed by atoms with Crippen LogP contribution in [-0.4, -0.2) is 84.1 Å². The zero-order valence-electron chi connectivity index (χ0n) is 16.7. The summed E-state index contributed by atoms with van der Waals surface area (Å²) in [5.74, 6) is -4.19. The van der Waals surface area contributed by atoms with Crippen LogP contribution in [0.4, 0.5) is 0 Å². The van der Waals surface area contributed by atoms with E-state index in [4.69, 9.17) is 4.74 Å². The van der Waals surface area contributed by atoms with Crippen LogP contribution in [0, 0.1) is 22.7 Å². The molecule has 1 heterocycles. The molecule has 4 rings (SSSR count). The van der Waals surface area contributed by atoms with Crippen LogP contribution >= 0.6 is 0 Å². The Hall–Kier alpha value is -1.36. The van der Waals surface area contributed by atoms with Gasteiger partial charge in [0.1, 0.15) is 17.8 Å². The molecule has 0 aromatic rings. The van der Waals surface area contributed by atoms with E-state index in [0.717, 1.165) is 6.08 Å².